The minimum Gasteiger partial charge on any atom is -0.476 e. The van der Waals surface area contributed by atoms with Crippen molar-refractivity contribution in [3.63, 3.8) is 0 Å². The molecule has 0 aliphatic heterocycles. The molecule has 0 aromatic carbocycles. The van der Waals surface area contributed by atoms with E-state index in [1.54, 1.807) is 6.07 Å². The monoisotopic (exact) mass is 267 g/mol. The van der Waals surface area contributed by atoms with E-state index >= 15 is 0 Å². The fourth-order valence-corrected chi connectivity index (χ4v) is 1.62. The molecule has 4 N–H and O–H groups in total. The van der Waals surface area contributed by atoms with E-state index in [0.717, 1.165) is 31.6 Å². The number of aliphatic hydroxyl groups is 1. The number of hydrogen-bond donors (Lipinski definition) is 3. The zero-order valence-corrected chi connectivity index (χ0v) is 11.9. The summed E-state index contributed by atoms with van der Waals surface area (Å²) in [6.07, 6.45) is 2.93. The maximum absolute atomic E-state index is 8.94. The van der Waals surface area contributed by atoms with Gasteiger partial charge in [-0.25, -0.2) is 0 Å². The second-order valence-electron chi connectivity index (χ2n) is 4.80. The molecule has 1 heterocycles. The second-order valence-corrected chi connectivity index (χ2v) is 4.80. The van der Waals surface area contributed by atoms with Crippen LogP contribution in [0.1, 0.15) is 33.1 Å². The zero-order valence-electron chi connectivity index (χ0n) is 11.9. The van der Waals surface area contributed by atoms with E-state index in [2.05, 4.69) is 10.3 Å². The molecule has 0 aliphatic carbocycles. The molecular weight excluding hydrogens is 242 g/mol. The number of ether oxygens (including phenoxy) is 1. The Morgan fingerprint density at radius 2 is 2.26 bits per heavy atom. The summed E-state index contributed by atoms with van der Waals surface area (Å²) >= 11 is 0. The minimum absolute atomic E-state index is 0.245. The Bertz CT molecular complexity index is 372. The molecule has 0 aliphatic rings. The largest absolute Gasteiger partial charge is 0.476 e. The number of anilines is 2. The second kappa shape index (κ2) is 8.58. The van der Waals surface area contributed by atoms with Crippen LogP contribution in [0.2, 0.25) is 0 Å². The summed E-state index contributed by atoms with van der Waals surface area (Å²) < 4.78 is 5.48. The Hall–Kier alpha value is -1.49. The average molecular weight is 267 g/mol. The summed E-state index contributed by atoms with van der Waals surface area (Å²) in [5, 5.41) is 12.2. The van der Waals surface area contributed by atoms with Crippen LogP contribution < -0.4 is 15.8 Å². The van der Waals surface area contributed by atoms with Gasteiger partial charge in [-0.1, -0.05) is 13.8 Å². The summed E-state index contributed by atoms with van der Waals surface area (Å²) in [5.41, 5.74) is 6.36. The number of aliphatic hydroxyl groups excluding tert-OH is 1. The molecule has 1 aromatic heterocycles. The van der Waals surface area contributed by atoms with Gasteiger partial charge in [-0.3, -0.25) is 0 Å². The van der Waals surface area contributed by atoms with Gasteiger partial charge >= 0.3 is 0 Å². The van der Waals surface area contributed by atoms with Crippen molar-refractivity contribution >= 4 is 11.5 Å². The van der Waals surface area contributed by atoms with Crippen LogP contribution in [0.25, 0.3) is 0 Å². The van der Waals surface area contributed by atoms with Crippen molar-refractivity contribution in [1.29, 1.82) is 0 Å². The SMILES string of the molecule is CCCOc1nc(NCCCC(C)CO)ccc1N. The molecule has 1 atom stereocenters. The molecule has 5 nitrogen and oxygen atoms in total. The lowest BCUT2D eigenvalue weighted by Gasteiger charge is -2.11. The van der Waals surface area contributed by atoms with E-state index in [4.69, 9.17) is 15.6 Å². The predicted octanol–water partition coefficient (Wildman–Crippen LogP) is 2.27. The van der Waals surface area contributed by atoms with Gasteiger partial charge in [-0.2, -0.15) is 4.98 Å². The summed E-state index contributed by atoms with van der Waals surface area (Å²) in [5.74, 6) is 1.62. The average Bonchev–Trinajstić information content (AvgIpc) is 2.43. The lowest BCUT2D eigenvalue weighted by molar-refractivity contribution is 0.229. The van der Waals surface area contributed by atoms with Gasteiger partial charge in [0.2, 0.25) is 5.88 Å². The van der Waals surface area contributed by atoms with E-state index < -0.39 is 0 Å². The molecule has 1 rings (SSSR count). The topological polar surface area (TPSA) is 80.4 Å². The quantitative estimate of drug-likeness (QED) is 0.598. The smallest absolute Gasteiger partial charge is 0.239 e. The molecular formula is C14H25N3O2. The third-order valence-electron chi connectivity index (χ3n) is 2.82. The molecule has 5 heteroatoms. The van der Waals surface area contributed by atoms with Crippen LogP contribution >= 0.6 is 0 Å². The minimum atomic E-state index is 0.245. The summed E-state index contributed by atoms with van der Waals surface area (Å²) in [6.45, 7) is 5.77. The highest BCUT2D eigenvalue weighted by Gasteiger charge is 2.04. The number of aromatic nitrogens is 1. The number of hydrogen-bond acceptors (Lipinski definition) is 5. The zero-order chi connectivity index (χ0) is 14.1. The van der Waals surface area contributed by atoms with Gasteiger partial charge in [0.05, 0.1) is 12.3 Å². The molecule has 0 radical (unpaired) electrons. The van der Waals surface area contributed by atoms with Crippen molar-refractivity contribution in [1.82, 2.24) is 4.98 Å². The molecule has 0 fully saturated rings. The Morgan fingerprint density at radius 3 is 2.95 bits per heavy atom. The highest BCUT2D eigenvalue weighted by molar-refractivity contribution is 5.53. The third-order valence-corrected chi connectivity index (χ3v) is 2.82. The van der Waals surface area contributed by atoms with Crippen LogP contribution in [0.5, 0.6) is 5.88 Å². The highest BCUT2D eigenvalue weighted by Crippen LogP contribution is 2.21. The van der Waals surface area contributed by atoms with Gasteiger partial charge in [0, 0.05) is 13.2 Å². The first-order chi connectivity index (χ1) is 9.17. The normalized spacial score (nSPS) is 12.2. The predicted molar refractivity (Wildman–Crippen MR) is 78.4 cm³/mol. The van der Waals surface area contributed by atoms with E-state index in [9.17, 15) is 0 Å². The summed E-state index contributed by atoms with van der Waals surface area (Å²) in [7, 11) is 0. The maximum atomic E-state index is 8.94. The van der Waals surface area contributed by atoms with E-state index in [1.165, 1.54) is 0 Å². The standard InChI is InChI=1S/C14H25N3O2/c1-3-9-19-14-12(15)6-7-13(17-14)16-8-4-5-11(2)10-18/h6-7,11,18H,3-5,8-10,15H2,1-2H3,(H,16,17). The Labute approximate surface area is 115 Å². The first-order valence-electron chi connectivity index (χ1n) is 6.91. The Kier molecular flexibility index (Phi) is 7.03. The van der Waals surface area contributed by atoms with Crippen molar-refractivity contribution in [2.75, 3.05) is 30.8 Å². The van der Waals surface area contributed by atoms with E-state index in [0.29, 0.717) is 24.1 Å². The van der Waals surface area contributed by atoms with E-state index in [1.807, 2.05) is 19.9 Å². The molecule has 1 unspecified atom stereocenters. The van der Waals surface area contributed by atoms with Gasteiger partial charge in [-0.15, -0.1) is 0 Å². The van der Waals surface area contributed by atoms with Gasteiger partial charge in [0.25, 0.3) is 0 Å². The van der Waals surface area contributed by atoms with Crippen LogP contribution in [-0.4, -0.2) is 29.8 Å². The van der Waals surface area contributed by atoms with Crippen molar-refractivity contribution in [2.45, 2.75) is 33.1 Å². The number of rotatable bonds is 9. The summed E-state index contributed by atoms with van der Waals surface area (Å²) in [6, 6.07) is 3.65. The highest BCUT2D eigenvalue weighted by atomic mass is 16.5. The number of nitrogens with two attached hydrogens (primary N) is 1. The fraction of sp³-hybridized carbons (Fsp3) is 0.643. The molecule has 1 aromatic rings. The molecule has 0 spiro atoms. The van der Waals surface area contributed by atoms with Gasteiger partial charge in [0.1, 0.15) is 5.82 Å². The van der Waals surface area contributed by atoms with Crippen molar-refractivity contribution in [3.05, 3.63) is 12.1 Å². The van der Waals surface area contributed by atoms with Crippen molar-refractivity contribution < 1.29 is 9.84 Å². The number of pyridine rings is 1. The number of nitrogens with one attached hydrogen (secondary N) is 1. The molecule has 0 bridgehead atoms. The lowest BCUT2D eigenvalue weighted by Crippen LogP contribution is -2.08. The van der Waals surface area contributed by atoms with Crippen LogP contribution in [0.4, 0.5) is 11.5 Å². The van der Waals surface area contributed by atoms with Gasteiger partial charge in [0.15, 0.2) is 0 Å². The van der Waals surface area contributed by atoms with Gasteiger partial charge in [-0.05, 0) is 37.3 Å². The van der Waals surface area contributed by atoms with Gasteiger partial charge < -0.3 is 20.9 Å². The Morgan fingerprint density at radius 1 is 1.47 bits per heavy atom. The third kappa shape index (κ3) is 5.79. The number of nitrogen functional groups attached to an aromatic ring is 1. The first-order valence-corrected chi connectivity index (χ1v) is 6.91. The van der Waals surface area contributed by atoms with Crippen LogP contribution in [0.15, 0.2) is 12.1 Å². The summed E-state index contributed by atoms with van der Waals surface area (Å²) in [4.78, 5) is 4.34. The van der Waals surface area contributed by atoms with Crippen molar-refractivity contribution in [3.8, 4) is 5.88 Å². The number of nitrogens with zero attached hydrogens (tertiary/aromatic N) is 1. The fourth-order valence-electron chi connectivity index (χ4n) is 1.62. The van der Waals surface area contributed by atoms with Crippen molar-refractivity contribution in [2.24, 2.45) is 5.92 Å². The molecule has 0 amide bonds. The lowest BCUT2D eigenvalue weighted by atomic mass is 10.1. The van der Waals surface area contributed by atoms with Crippen LogP contribution in [0.3, 0.4) is 0 Å². The molecule has 108 valence electrons. The maximum Gasteiger partial charge on any atom is 0.239 e. The molecule has 0 saturated carbocycles. The Balaban J connectivity index is 2.41. The van der Waals surface area contributed by atoms with Crippen LogP contribution in [0, 0.1) is 5.92 Å². The molecule has 0 saturated heterocycles. The molecule has 19 heavy (non-hydrogen) atoms. The van der Waals surface area contributed by atoms with Crippen LogP contribution in [-0.2, 0) is 0 Å². The van der Waals surface area contributed by atoms with E-state index in [-0.39, 0.29) is 6.61 Å². The first kappa shape index (κ1) is 15.6.